The number of aliphatic hydroxyl groups excluding tert-OH is 1. The monoisotopic (exact) mass is 432 g/mol. The third kappa shape index (κ3) is 6.21. The summed E-state index contributed by atoms with van der Waals surface area (Å²) >= 11 is 3.35. The van der Waals surface area contributed by atoms with Crippen LogP contribution in [-0.2, 0) is 4.74 Å². The van der Waals surface area contributed by atoms with Crippen molar-refractivity contribution in [3.8, 4) is 23.5 Å². The highest BCUT2D eigenvalue weighted by molar-refractivity contribution is 9.10. The van der Waals surface area contributed by atoms with Crippen molar-refractivity contribution in [3.63, 3.8) is 0 Å². The summed E-state index contributed by atoms with van der Waals surface area (Å²) in [5, 5.41) is 8.72. The standard InChI is InChI=1S/C20H21BrN2O4/c1-14(25-9-8-24)2-4-16-5-6-17(13-22-16)26-18-10-19(11-18)27-20-7-3-15(21)12-23-20/h3,5-7,12-14,18-19,24H,8-11H2,1H3/t14?,18-,19-. The van der Waals surface area contributed by atoms with Crippen LogP contribution in [0.3, 0.4) is 0 Å². The van der Waals surface area contributed by atoms with Gasteiger partial charge in [0.05, 0.1) is 19.4 Å². The van der Waals surface area contributed by atoms with Crippen molar-refractivity contribution < 1.29 is 19.3 Å². The molecule has 1 aliphatic carbocycles. The van der Waals surface area contributed by atoms with E-state index < -0.39 is 0 Å². The lowest BCUT2D eigenvalue weighted by Gasteiger charge is -2.34. The van der Waals surface area contributed by atoms with Gasteiger partial charge in [0, 0.05) is 29.6 Å². The molecule has 0 spiro atoms. The lowest BCUT2D eigenvalue weighted by molar-refractivity contribution is 0.00207. The summed E-state index contributed by atoms with van der Waals surface area (Å²) in [4.78, 5) is 8.50. The van der Waals surface area contributed by atoms with Gasteiger partial charge in [-0.05, 0) is 47.0 Å². The molecule has 0 amide bonds. The van der Waals surface area contributed by atoms with Gasteiger partial charge in [-0.1, -0.05) is 5.92 Å². The maximum atomic E-state index is 8.72. The molecule has 0 aromatic carbocycles. The molecule has 1 saturated carbocycles. The largest absolute Gasteiger partial charge is 0.489 e. The Labute approximate surface area is 167 Å². The van der Waals surface area contributed by atoms with E-state index in [1.807, 2.05) is 31.2 Å². The molecule has 1 unspecified atom stereocenters. The molecule has 6 nitrogen and oxygen atoms in total. The van der Waals surface area contributed by atoms with Gasteiger partial charge in [-0.3, -0.25) is 0 Å². The SMILES string of the molecule is CC(C#Cc1ccc(O[C@H]2C[C@H](Oc3ccc(Br)cn3)C2)cn1)OCCO. The molecule has 1 aliphatic rings. The first-order chi connectivity index (χ1) is 13.1. The first kappa shape index (κ1) is 19.6. The topological polar surface area (TPSA) is 73.7 Å². The smallest absolute Gasteiger partial charge is 0.213 e. The minimum Gasteiger partial charge on any atom is -0.489 e. The molecule has 2 heterocycles. The zero-order chi connectivity index (χ0) is 19.1. The van der Waals surface area contributed by atoms with Crippen LogP contribution < -0.4 is 9.47 Å². The average Bonchev–Trinajstić information content (AvgIpc) is 2.65. The van der Waals surface area contributed by atoms with Gasteiger partial charge in [0.2, 0.25) is 5.88 Å². The van der Waals surface area contributed by atoms with Crippen molar-refractivity contribution in [1.82, 2.24) is 9.97 Å². The van der Waals surface area contributed by atoms with Crippen molar-refractivity contribution in [3.05, 3.63) is 46.8 Å². The van der Waals surface area contributed by atoms with Crippen LogP contribution in [0.1, 0.15) is 25.5 Å². The maximum Gasteiger partial charge on any atom is 0.213 e. The van der Waals surface area contributed by atoms with E-state index in [0.29, 0.717) is 11.6 Å². The number of halogens is 1. The number of nitrogens with zero attached hydrogens (tertiary/aromatic N) is 2. The summed E-state index contributed by atoms with van der Waals surface area (Å²) in [6.45, 7) is 2.10. The van der Waals surface area contributed by atoms with Gasteiger partial charge in [-0.25, -0.2) is 9.97 Å². The Balaban J connectivity index is 1.42. The fourth-order valence-corrected chi connectivity index (χ4v) is 2.71. The van der Waals surface area contributed by atoms with Crippen LogP contribution in [0.15, 0.2) is 41.1 Å². The molecule has 7 heteroatoms. The van der Waals surface area contributed by atoms with E-state index in [1.165, 1.54) is 0 Å². The molecular formula is C20H21BrN2O4. The molecule has 0 bridgehead atoms. The van der Waals surface area contributed by atoms with Gasteiger partial charge in [-0.2, -0.15) is 0 Å². The normalized spacial score (nSPS) is 19.4. The zero-order valence-corrected chi connectivity index (χ0v) is 16.6. The number of rotatable bonds is 7. The van der Waals surface area contributed by atoms with E-state index in [4.69, 9.17) is 19.3 Å². The summed E-state index contributed by atoms with van der Waals surface area (Å²) in [5.74, 6) is 7.23. The van der Waals surface area contributed by atoms with E-state index in [1.54, 1.807) is 12.4 Å². The average molecular weight is 433 g/mol. The number of aliphatic hydroxyl groups is 1. The molecule has 142 valence electrons. The molecule has 27 heavy (non-hydrogen) atoms. The van der Waals surface area contributed by atoms with Gasteiger partial charge < -0.3 is 19.3 Å². The first-order valence-corrected chi connectivity index (χ1v) is 9.56. The van der Waals surface area contributed by atoms with Crippen LogP contribution in [0, 0.1) is 11.8 Å². The number of pyridine rings is 2. The van der Waals surface area contributed by atoms with Crippen LogP contribution in [0.25, 0.3) is 0 Å². The van der Waals surface area contributed by atoms with E-state index >= 15 is 0 Å². The molecule has 1 fully saturated rings. The highest BCUT2D eigenvalue weighted by atomic mass is 79.9. The molecule has 2 aromatic rings. The molecular weight excluding hydrogens is 412 g/mol. The Bertz CT molecular complexity index is 780. The molecule has 3 rings (SSSR count). The fourth-order valence-electron chi connectivity index (χ4n) is 2.48. The highest BCUT2D eigenvalue weighted by Crippen LogP contribution is 2.29. The number of ether oxygens (including phenoxy) is 3. The number of hydrogen-bond donors (Lipinski definition) is 1. The summed E-state index contributed by atoms with van der Waals surface area (Å²) < 4.78 is 17.9. The Kier molecular flexibility index (Phi) is 7.04. The third-order valence-corrected chi connectivity index (χ3v) is 4.41. The summed E-state index contributed by atoms with van der Waals surface area (Å²) in [7, 11) is 0. The van der Waals surface area contributed by atoms with Crippen LogP contribution in [-0.4, -0.2) is 46.6 Å². The van der Waals surface area contributed by atoms with E-state index in [9.17, 15) is 0 Å². The van der Waals surface area contributed by atoms with Gasteiger partial charge in [0.1, 0.15) is 29.8 Å². The Morgan fingerprint density at radius 2 is 1.96 bits per heavy atom. The summed E-state index contributed by atoms with van der Waals surface area (Å²) in [6.07, 6.45) is 5.03. The molecule has 1 atom stereocenters. The second kappa shape index (κ2) is 9.70. The second-order valence-corrected chi connectivity index (χ2v) is 7.07. The predicted molar refractivity (Wildman–Crippen MR) is 104 cm³/mol. The van der Waals surface area contributed by atoms with E-state index in [2.05, 4.69) is 37.7 Å². The first-order valence-electron chi connectivity index (χ1n) is 8.77. The van der Waals surface area contributed by atoms with Crippen LogP contribution >= 0.6 is 15.9 Å². The van der Waals surface area contributed by atoms with E-state index in [-0.39, 0.29) is 31.5 Å². The highest BCUT2D eigenvalue weighted by Gasteiger charge is 2.33. The molecule has 0 saturated heterocycles. The van der Waals surface area contributed by atoms with Crippen LogP contribution in [0.4, 0.5) is 0 Å². The predicted octanol–water partition coefficient (Wildman–Crippen LogP) is 2.98. The summed E-state index contributed by atoms with van der Waals surface area (Å²) in [6, 6.07) is 7.43. The van der Waals surface area contributed by atoms with Crippen molar-refractivity contribution in [2.75, 3.05) is 13.2 Å². The van der Waals surface area contributed by atoms with Crippen LogP contribution in [0.5, 0.6) is 11.6 Å². The maximum absolute atomic E-state index is 8.72. The fraction of sp³-hybridized carbons (Fsp3) is 0.400. The van der Waals surface area contributed by atoms with E-state index in [0.717, 1.165) is 23.1 Å². The van der Waals surface area contributed by atoms with Crippen molar-refractivity contribution in [1.29, 1.82) is 0 Å². The minimum absolute atomic E-state index is 0.0109. The van der Waals surface area contributed by atoms with Crippen molar-refractivity contribution in [2.24, 2.45) is 0 Å². The molecule has 2 aromatic heterocycles. The number of aromatic nitrogens is 2. The summed E-state index contributed by atoms with van der Waals surface area (Å²) in [5.41, 5.74) is 0.651. The van der Waals surface area contributed by atoms with Crippen molar-refractivity contribution in [2.45, 2.75) is 38.1 Å². The van der Waals surface area contributed by atoms with Gasteiger partial charge in [0.25, 0.3) is 0 Å². The van der Waals surface area contributed by atoms with Gasteiger partial charge in [0.15, 0.2) is 0 Å². The Morgan fingerprint density at radius 1 is 1.15 bits per heavy atom. The molecule has 0 aliphatic heterocycles. The van der Waals surface area contributed by atoms with Gasteiger partial charge in [-0.15, -0.1) is 0 Å². The molecule has 0 radical (unpaired) electrons. The zero-order valence-electron chi connectivity index (χ0n) is 15.0. The van der Waals surface area contributed by atoms with Gasteiger partial charge >= 0.3 is 0 Å². The van der Waals surface area contributed by atoms with Crippen molar-refractivity contribution >= 4 is 15.9 Å². The molecule has 1 N–H and O–H groups in total. The second-order valence-electron chi connectivity index (χ2n) is 6.15. The lowest BCUT2D eigenvalue weighted by atomic mass is 9.92. The number of hydrogen-bond acceptors (Lipinski definition) is 6. The van der Waals surface area contributed by atoms with Crippen LogP contribution in [0.2, 0.25) is 0 Å². The quantitative estimate of drug-likeness (QED) is 0.677. The minimum atomic E-state index is -0.248. The Morgan fingerprint density at radius 3 is 2.63 bits per heavy atom. The third-order valence-electron chi connectivity index (χ3n) is 3.94. The Hall–Kier alpha value is -2.14. The lowest BCUT2D eigenvalue weighted by Crippen LogP contribution is -2.41.